The largest absolute Gasteiger partial charge is 0.444 e. The molecular weight excluding hydrogens is 576 g/mol. The van der Waals surface area contributed by atoms with Gasteiger partial charge in [-0.2, -0.15) is 13.2 Å². The van der Waals surface area contributed by atoms with E-state index in [4.69, 9.17) is 16.3 Å². The number of halogens is 5. The lowest BCUT2D eigenvalue weighted by atomic mass is 10.1. The van der Waals surface area contributed by atoms with Crippen LogP contribution in [0.2, 0.25) is 5.02 Å². The van der Waals surface area contributed by atoms with Crippen LogP contribution in [0.4, 0.5) is 22.4 Å². The second kappa shape index (κ2) is 10.3. The van der Waals surface area contributed by atoms with E-state index in [0.29, 0.717) is 19.2 Å². The Bertz CT molecular complexity index is 1560. The fraction of sp³-hybridized carbons (Fsp3) is 0.455. The Morgan fingerprint density at radius 3 is 2.31 bits per heavy atom. The third-order valence-corrected chi connectivity index (χ3v) is 7.65. The summed E-state index contributed by atoms with van der Waals surface area (Å²) in [5.41, 5.74) is -7.17. The summed E-state index contributed by atoms with van der Waals surface area (Å²) in [6.45, 7) is 4.62. The number of hydrogen-bond acceptors (Lipinski definition) is 7. The molecule has 1 aliphatic rings. The van der Waals surface area contributed by atoms with Gasteiger partial charge in [0.1, 0.15) is 17.1 Å². The summed E-state index contributed by atoms with van der Waals surface area (Å²) in [6.07, 6.45) is -5.86. The lowest BCUT2D eigenvalue weighted by Gasteiger charge is -2.24. The van der Waals surface area contributed by atoms with Crippen molar-refractivity contribution in [2.24, 2.45) is 7.05 Å². The first kappa shape index (κ1) is 30.1. The van der Waals surface area contributed by atoms with E-state index in [1.54, 1.807) is 25.5 Å². The zero-order chi connectivity index (χ0) is 29.7. The molecule has 0 saturated carbocycles. The number of aromatic nitrogens is 2. The van der Waals surface area contributed by atoms with Crippen LogP contribution < -0.4 is 16.0 Å². The summed E-state index contributed by atoms with van der Waals surface area (Å²) < 4.78 is 86.9. The molecule has 0 spiro atoms. The first-order valence-electron chi connectivity index (χ1n) is 11.2. The van der Waals surface area contributed by atoms with Crippen molar-refractivity contribution in [3.05, 3.63) is 61.1 Å². The van der Waals surface area contributed by atoms with Gasteiger partial charge in [0, 0.05) is 26.2 Å². The van der Waals surface area contributed by atoms with Crippen LogP contribution in [0.5, 0.6) is 0 Å². The molecule has 2 amide bonds. The Balaban J connectivity index is 1.93. The lowest BCUT2D eigenvalue weighted by Crippen LogP contribution is -2.42. The van der Waals surface area contributed by atoms with Crippen LogP contribution in [0.3, 0.4) is 0 Å². The predicted molar refractivity (Wildman–Crippen MR) is 130 cm³/mol. The zero-order valence-corrected chi connectivity index (χ0v) is 22.5. The molecule has 1 aromatic carbocycles. The molecule has 1 atom stereocenters. The Hall–Kier alpha value is -3.40. The van der Waals surface area contributed by atoms with Crippen molar-refractivity contribution >= 4 is 33.6 Å². The Labute approximate surface area is 224 Å². The number of amides is 2. The average molecular weight is 599 g/mol. The monoisotopic (exact) mass is 598 g/mol. The molecule has 2 heterocycles. The second-order valence-electron chi connectivity index (χ2n) is 9.64. The van der Waals surface area contributed by atoms with E-state index in [2.05, 4.69) is 0 Å². The molecule has 39 heavy (non-hydrogen) atoms. The minimum atomic E-state index is -5.07. The molecule has 3 rings (SSSR count). The Morgan fingerprint density at radius 1 is 1.13 bits per heavy atom. The average Bonchev–Trinajstić information content (AvgIpc) is 3.27. The normalized spacial score (nSPS) is 16.3. The molecule has 2 aromatic rings. The molecule has 1 aromatic heterocycles. The molecule has 1 fully saturated rings. The van der Waals surface area contributed by atoms with Gasteiger partial charge < -0.3 is 9.64 Å². The predicted octanol–water partition coefficient (Wildman–Crippen LogP) is 2.42. The van der Waals surface area contributed by atoms with Gasteiger partial charge in [-0.05, 0) is 39.3 Å². The van der Waals surface area contributed by atoms with E-state index in [-0.39, 0.29) is 34.7 Å². The van der Waals surface area contributed by atoms with Crippen molar-refractivity contribution in [2.75, 3.05) is 13.1 Å². The molecule has 17 heteroatoms. The van der Waals surface area contributed by atoms with Crippen molar-refractivity contribution in [2.45, 2.75) is 44.2 Å². The standard InChI is InChI=1S/C22H23ClF4N4O7S/c1-21(2,3)38-20(35)30-6-5-11(10-30)39(36,37)28-18(33)12-7-15(14(24)8-13(12)23)31-17(32)9-16(22(25,26)27)29(4)19(31)34/h7-9,11H,5-6,10H2,1-4H3,(H,28,33). The number of rotatable bonds is 4. The van der Waals surface area contributed by atoms with Crippen LogP contribution in [-0.2, 0) is 28.0 Å². The third kappa shape index (κ3) is 6.43. The van der Waals surface area contributed by atoms with Gasteiger partial charge in [0.05, 0.1) is 21.5 Å². The topological polar surface area (TPSA) is 137 Å². The molecule has 0 aliphatic carbocycles. The quantitative estimate of drug-likeness (QED) is 0.534. The molecule has 1 aliphatic heterocycles. The van der Waals surface area contributed by atoms with E-state index in [1.165, 1.54) is 0 Å². The molecule has 0 radical (unpaired) electrons. The first-order chi connectivity index (χ1) is 17.7. The number of likely N-dealkylation sites (tertiary alicyclic amines) is 1. The highest BCUT2D eigenvalue weighted by Crippen LogP contribution is 2.28. The molecule has 1 saturated heterocycles. The molecule has 214 valence electrons. The summed E-state index contributed by atoms with van der Waals surface area (Å²) in [5, 5.41) is -1.83. The maximum absolute atomic E-state index is 14.7. The maximum atomic E-state index is 14.7. The number of carbonyl (C=O) groups is 2. The van der Waals surface area contributed by atoms with Gasteiger partial charge in [-0.15, -0.1) is 0 Å². The van der Waals surface area contributed by atoms with Crippen LogP contribution in [-0.4, -0.2) is 58.4 Å². The molecule has 1 unspecified atom stereocenters. The van der Waals surface area contributed by atoms with Crippen molar-refractivity contribution in [1.82, 2.24) is 18.8 Å². The van der Waals surface area contributed by atoms with Crippen molar-refractivity contribution in [3.8, 4) is 5.69 Å². The van der Waals surface area contributed by atoms with Crippen LogP contribution in [0.1, 0.15) is 43.2 Å². The number of nitrogens with zero attached hydrogens (tertiary/aromatic N) is 3. The summed E-state index contributed by atoms with van der Waals surface area (Å²) in [7, 11) is -3.72. The SMILES string of the molecule is Cn1c(C(F)(F)F)cc(=O)n(-c2cc(C(=O)NS(=O)(=O)C3CCN(C(=O)OC(C)(C)C)C3)c(Cl)cc2F)c1=O. The van der Waals surface area contributed by atoms with Gasteiger partial charge in [-0.25, -0.2) is 31.7 Å². The van der Waals surface area contributed by atoms with Gasteiger partial charge in [-0.1, -0.05) is 11.6 Å². The Kier molecular flexibility index (Phi) is 7.96. The van der Waals surface area contributed by atoms with Gasteiger partial charge in [0.25, 0.3) is 11.5 Å². The molecule has 11 nitrogen and oxygen atoms in total. The van der Waals surface area contributed by atoms with E-state index in [0.717, 1.165) is 4.90 Å². The summed E-state index contributed by atoms with van der Waals surface area (Å²) >= 11 is 5.91. The Morgan fingerprint density at radius 2 is 1.74 bits per heavy atom. The minimum absolute atomic E-state index is 0.0241. The highest BCUT2D eigenvalue weighted by molar-refractivity contribution is 7.90. The fourth-order valence-corrected chi connectivity index (χ4v) is 5.31. The molecule has 1 N–H and O–H groups in total. The minimum Gasteiger partial charge on any atom is -0.444 e. The van der Waals surface area contributed by atoms with Crippen LogP contribution in [0, 0.1) is 5.82 Å². The fourth-order valence-electron chi connectivity index (χ4n) is 3.74. The molecule has 0 bridgehead atoms. The smallest absolute Gasteiger partial charge is 0.431 e. The van der Waals surface area contributed by atoms with Crippen LogP contribution in [0.25, 0.3) is 5.69 Å². The zero-order valence-electron chi connectivity index (χ0n) is 20.9. The van der Waals surface area contributed by atoms with E-state index in [9.17, 15) is 45.2 Å². The number of ether oxygens (including phenoxy) is 1. The summed E-state index contributed by atoms with van der Waals surface area (Å²) in [4.78, 5) is 51.1. The van der Waals surface area contributed by atoms with Gasteiger partial charge in [0.2, 0.25) is 10.0 Å². The van der Waals surface area contributed by atoms with E-state index in [1.807, 2.05) is 0 Å². The van der Waals surface area contributed by atoms with Crippen LogP contribution >= 0.6 is 11.6 Å². The van der Waals surface area contributed by atoms with Crippen molar-refractivity contribution < 1.29 is 40.3 Å². The third-order valence-electron chi connectivity index (χ3n) is 5.60. The van der Waals surface area contributed by atoms with E-state index < -0.39 is 78.1 Å². The number of nitrogens with one attached hydrogen (secondary N) is 1. The number of hydrogen-bond donors (Lipinski definition) is 1. The summed E-state index contributed by atoms with van der Waals surface area (Å²) in [6, 6.07) is 1.14. The number of sulfonamides is 1. The van der Waals surface area contributed by atoms with Crippen molar-refractivity contribution in [3.63, 3.8) is 0 Å². The first-order valence-corrected chi connectivity index (χ1v) is 13.1. The number of carbonyl (C=O) groups excluding carboxylic acids is 2. The van der Waals surface area contributed by atoms with Gasteiger partial charge in [-0.3, -0.25) is 14.2 Å². The van der Waals surface area contributed by atoms with Gasteiger partial charge >= 0.3 is 18.0 Å². The second-order valence-corrected chi connectivity index (χ2v) is 12.0. The highest BCUT2D eigenvalue weighted by Gasteiger charge is 2.38. The van der Waals surface area contributed by atoms with Crippen LogP contribution in [0.15, 0.2) is 27.8 Å². The maximum Gasteiger partial charge on any atom is 0.431 e. The highest BCUT2D eigenvalue weighted by atomic mass is 35.5. The molecular formula is C22H23ClF4N4O7S. The number of alkyl halides is 3. The van der Waals surface area contributed by atoms with E-state index >= 15 is 0 Å². The van der Waals surface area contributed by atoms with Crippen molar-refractivity contribution in [1.29, 1.82) is 0 Å². The van der Waals surface area contributed by atoms with Gasteiger partial charge in [0.15, 0.2) is 0 Å². The number of benzene rings is 1. The summed E-state index contributed by atoms with van der Waals surface area (Å²) in [5.74, 6) is -2.71. The lowest BCUT2D eigenvalue weighted by molar-refractivity contribution is -0.144.